The molecule has 0 spiro atoms. The number of aromatic nitrogens is 3. The number of benzene rings is 1. The van der Waals surface area contributed by atoms with Crippen molar-refractivity contribution in [1.82, 2.24) is 14.5 Å². The first-order chi connectivity index (χ1) is 11.8. The van der Waals surface area contributed by atoms with E-state index in [4.69, 9.17) is 4.74 Å². The van der Waals surface area contributed by atoms with Crippen LogP contribution in [0.3, 0.4) is 0 Å². The Morgan fingerprint density at radius 3 is 2.62 bits per heavy atom. The highest BCUT2D eigenvalue weighted by atomic mass is 16.5. The maximum absolute atomic E-state index is 12.8. The predicted octanol–water partition coefficient (Wildman–Crippen LogP) is 2.52. The van der Waals surface area contributed by atoms with E-state index in [2.05, 4.69) is 9.97 Å². The SMILES string of the molecule is COc1ccc(N(Cc2cccnc2)C(=O)Cn2ccnc2)cc1. The van der Waals surface area contributed by atoms with Crippen LogP contribution in [0, 0.1) is 0 Å². The molecule has 0 aliphatic rings. The van der Waals surface area contributed by atoms with E-state index in [0.29, 0.717) is 6.54 Å². The van der Waals surface area contributed by atoms with E-state index in [1.54, 1.807) is 47.7 Å². The molecule has 0 saturated heterocycles. The molecule has 0 atom stereocenters. The Morgan fingerprint density at radius 2 is 2.00 bits per heavy atom. The van der Waals surface area contributed by atoms with Crippen molar-refractivity contribution < 1.29 is 9.53 Å². The minimum Gasteiger partial charge on any atom is -0.497 e. The summed E-state index contributed by atoms with van der Waals surface area (Å²) in [4.78, 5) is 22.6. The first-order valence-electron chi connectivity index (χ1n) is 7.55. The van der Waals surface area contributed by atoms with Crippen LogP contribution < -0.4 is 9.64 Å². The molecule has 6 heteroatoms. The van der Waals surface area contributed by atoms with E-state index in [1.807, 2.05) is 36.4 Å². The molecular formula is C18H18N4O2. The number of pyridine rings is 1. The number of nitrogens with zero attached hydrogens (tertiary/aromatic N) is 4. The lowest BCUT2D eigenvalue weighted by Gasteiger charge is -2.23. The van der Waals surface area contributed by atoms with Gasteiger partial charge in [0.15, 0.2) is 0 Å². The normalized spacial score (nSPS) is 10.4. The average Bonchev–Trinajstić information content (AvgIpc) is 3.13. The van der Waals surface area contributed by atoms with Crippen LogP contribution in [-0.2, 0) is 17.9 Å². The third kappa shape index (κ3) is 3.78. The van der Waals surface area contributed by atoms with Gasteiger partial charge in [-0.2, -0.15) is 0 Å². The highest BCUT2D eigenvalue weighted by molar-refractivity contribution is 5.93. The lowest BCUT2D eigenvalue weighted by molar-refractivity contribution is -0.119. The van der Waals surface area contributed by atoms with Crippen LogP contribution in [0.4, 0.5) is 5.69 Å². The average molecular weight is 322 g/mol. The zero-order valence-electron chi connectivity index (χ0n) is 13.4. The largest absolute Gasteiger partial charge is 0.497 e. The molecule has 24 heavy (non-hydrogen) atoms. The molecule has 1 amide bonds. The second kappa shape index (κ2) is 7.41. The number of carbonyl (C=O) groups excluding carboxylic acids is 1. The maximum Gasteiger partial charge on any atom is 0.247 e. The molecule has 122 valence electrons. The summed E-state index contributed by atoms with van der Waals surface area (Å²) in [5.74, 6) is 0.726. The molecule has 3 rings (SSSR count). The Bertz CT molecular complexity index is 771. The first kappa shape index (κ1) is 15.7. The fraction of sp³-hybridized carbons (Fsp3) is 0.167. The summed E-state index contributed by atoms with van der Waals surface area (Å²) in [5, 5.41) is 0. The van der Waals surface area contributed by atoms with Gasteiger partial charge in [-0.1, -0.05) is 6.07 Å². The Kier molecular flexibility index (Phi) is 4.86. The molecule has 0 bridgehead atoms. The number of anilines is 1. The lowest BCUT2D eigenvalue weighted by atomic mass is 10.2. The summed E-state index contributed by atoms with van der Waals surface area (Å²) in [6.45, 7) is 0.681. The van der Waals surface area contributed by atoms with Gasteiger partial charge in [0, 0.05) is 30.5 Å². The van der Waals surface area contributed by atoms with Crippen molar-refractivity contribution in [3.05, 3.63) is 73.1 Å². The van der Waals surface area contributed by atoms with Gasteiger partial charge in [-0.25, -0.2) is 4.98 Å². The van der Waals surface area contributed by atoms with Gasteiger partial charge in [-0.05, 0) is 35.9 Å². The summed E-state index contributed by atoms with van der Waals surface area (Å²) in [7, 11) is 1.62. The van der Waals surface area contributed by atoms with Crippen LogP contribution in [0.2, 0.25) is 0 Å². The minimum atomic E-state index is -0.0259. The third-order valence-electron chi connectivity index (χ3n) is 3.63. The fourth-order valence-corrected chi connectivity index (χ4v) is 2.38. The van der Waals surface area contributed by atoms with Crippen molar-refractivity contribution in [3.8, 4) is 5.75 Å². The van der Waals surface area contributed by atoms with Crippen molar-refractivity contribution >= 4 is 11.6 Å². The first-order valence-corrected chi connectivity index (χ1v) is 7.55. The van der Waals surface area contributed by atoms with Crippen LogP contribution in [0.25, 0.3) is 0 Å². The van der Waals surface area contributed by atoms with E-state index >= 15 is 0 Å². The van der Waals surface area contributed by atoms with Crippen molar-refractivity contribution in [1.29, 1.82) is 0 Å². The second-order valence-electron chi connectivity index (χ2n) is 5.27. The Hall–Kier alpha value is -3.15. The number of rotatable bonds is 6. The van der Waals surface area contributed by atoms with Gasteiger partial charge in [0.05, 0.1) is 20.0 Å². The highest BCUT2D eigenvalue weighted by Crippen LogP contribution is 2.21. The molecule has 2 aromatic heterocycles. The van der Waals surface area contributed by atoms with E-state index in [9.17, 15) is 4.79 Å². The van der Waals surface area contributed by atoms with Crippen molar-refractivity contribution in [2.45, 2.75) is 13.1 Å². The third-order valence-corrected chi connectivity index (χ3v) is 3.63. The zero-order chi connectivity index (χ0) is 16.8. The number of carbonyl (C=O) groups is 1. The topological polar surface area (TPSA) is 60.2 Å². The molecule has 0 saturated carbocycles. The number of amides is 1. The Balaban J connectivity index is 1.85. The second-order valence-corrected chi connectivity index (χ2v) is 5.27. The Morgan fingerprint density at radius 1 is 1.17 bits per heavy atom. The van der Waals surface area contributed by atoms with E-state index in [0.717, 1.165) is 17.0 Å². The Labute approximate surface area is 140 Å². The van der Waals surface area contributed by atoms with Crippen LogP contribution in [0.5, 0.6) is 5.75 Å². The van der Waals surface area contributed by atoms with Crippen LogP contribution in [0.15, 0.2) is 67.5 Å². The van der Waals surface area contributed by atoms with Gasteiger partial charge in [-0.15, -0.1) is 0 Å². The molecule has 6 nitrogen and oxygen atoms in total. The quantitative estimate of drug-likeness (QED) is 0.700. The van der Waals surface area contributed by atoms with E-state index in [-0.39, 0.29) is 12.5 Å². The van der Waals surface area contributed by atoms with Gasteiger partial charge in [0.1, 0.15) is 12.3 Å². The molecule has 1 aromatic carbocycles. The summed E-state index contributed by atoms with van der Waals surface area (Å²) in [6.07, 6.45) is 8.55. The lowest BCUT2D eigenvalue weighted by Crippen LogP contribution is -2.33. The molecule has 0 aliphatic carbocycles. The van der Waals surface area contributed by atoms with E-state index in [1.165, 1.54) is 0 Å². The van der Waals surface area contributed by atoms with Gasteiger partial charge in [-0.3, -0.25) is 9.78 Å². The molecular weight excluding hydrogens is 304 g/mol. The molecule has 3 aromatic rings. The smallest absolute Gasteiger partial charge is 0.247 e. The zero-order valence-corrected chi connectivity index (χ0v) is 13.4. The molecule has 0 unspecified atom stereocenters. The van der Waals surface area contributed by atoms with Gasteiger partial charge >= 0.3 is 0 Å². The monoisotopic (exact) mass is 322 g/mol. The standard InChI is InChI=1S/C18H18N4O2/c1-24-17-6-4-16(5-7-17)22(12-15-3-2-8-19-11-15)18(23)13-21-10-9-20-14-21/h2-11,14H,12-13H2,1H3. The van der Waals surface area contributed by atoms with Crippen molar-refractivity contribution in [3.63, 3.8) is 0 Å². The summed E-state index contributed by atoms with van der Waals surface area (Å²) >= 11 is 0. The molecule has 0 aliphatic heterocycles. The number of methoxy groups -OCH3 is 1. The summed E-state index contributed by atoms with van der Waals surface area (Å²) < 4.78 is 6.94. The summed E-state index contributed by atoms with van der Waals surface area (Å²) in [6, 6.07) is 11.3. The van der Waals surface area contributed by atoms with Crippen molar-refractivity contribution in [2.24, 2.45) is 0 Å². The number of imidazole rings is 1. The molecule has 0 N–H and O–H groups in total. The molecule has 0 fully saturated rings. The molecule has 0 radical (unpaired) electrons. The molecule has 2 heterocycles. The van der Waals surface area contributed by atoms with Gasteiger partial charge in [0.25, 0.3) is 0 Å². The predicted molar refractivity (Wildman–Crippen MR) is 90.6 cm³/mol. The number of hydrogen-bond donors (Lipinski definition) is 0. The van der Waals surface area contributed by atoms with Crippen LogP contribution in [-0.4, -0.2) is 27.6 Å². The van der Waals surface area contributed by atoms with Gasteiger partial charge in [0.2, 0.25) is 5.91 Å². The van der Waals surface area contributed by atoms with E-state index < -0.39 is 0 Å². The number of ether oxygens (including phenoxy) is 1. The van der Waals surface area contributed by atoms with Crippen molar-refractivity contribution in [2.75, 3.05) is 12.0 Å². The fourth-order valence-electron chi connectivity index (χ4n) is 2.38. The maximum atomic E-state index is 12.8. The van der Waals surface area contributed by atoms with Crippen LogP contribution >= 0.6 is 0 Å². The number of hydrogen-bond acceptors (Lipinski definition) is 4. The summed E-state index contributed by atoms with van der Waals surface area (Å²) in [5.41, 5.74) is 1.78. The van der Waals surface area contributed by atoms with Crippen LogP contribution in [0.1, 0.15) is 5.56 Å². The van der Waals surface area contributed by atoms with Gasteiger partial charge < -0.3 is 14.2 Å². The highest BCUT2D eigenvalue weighted by Gasteiger charge is 2.17. The minimum absolute atomic E-state index is 0.0259.